The molecule has 1 amide bonds. The van der Waals surface area contributed by atoms with Gasteiger partial charge in [-0.3, -0.25) is 14.5 Å². The first-order valence-corrected chi connectivity index (χ1v) is 10.7. The molecule has 5 rings (SSSR count). The number of carbonyl (C=O) groups excluding carboxylic acids is 2. The fourth-order valence-corrected chi connectivity index (χ4v) is 3.80. The van der Waals surface area contributed by atoms with E-state index >= 15 is 0 Å². The summed E-state index contributed by atoms with van der Waals surface area (Å²) in [5, 5.41) is 0. The number of fused-ring (bicyclic) bond motifs is 2. The highest BCUT2D eigenvalue weighted by Crippen LogP contribution is 2.30. The highest BCUT2D eigenvalue weighted by Gasteiger charge is 2.28. The second-order valence-corrected chi connectivity index (χ2v) is 7.83. The van der Waals surface area contributed by atoms with Crippen molar-refractivity contribution in [1.29, 1.82) is 0 Å². The molecule has 1 aliphatic rings. The summed E-state index contributed by atoms with van der Waals surface area (Å²) >= 11 is 0. The zero-order valence-electron chi connectivity index (χ0n) is 18.1. The molecule has 1 aliphatic heterocycles. The number of benzene rings is 3. The molecule has 33 heavy (non-hydrogen) atoms. The van der Waals surface area contributed by atoms with Gasteiger partial charge in [-0.1, -0.05) is 42.5 Å². The minimum absolute atomic E-state index is 0.0573. The molecule has 0 atom stereocenters. The third-order valence-electron chi connectivity index (χ3n) is 5.63. The molecule has 4 aromatic rings. The number of ketones is 1. The number of likely N-dealkylation sites (N-methyl/N-ethyl adjacent to an activating group) is 1. The Kier molecular flexibility index (Phi) is 5.44. The molecule has 164 valence electrons. The lowest BCUT2D eigenvalue weighted by Gasteiger charge is -2.33. The van der Waals surface area contributed by atoms with E-state index in [4.69, 9.17) is 14.7 Å². The molecule has 3 aromatic carbocycles. The van der Waals surface area contributed by atoms with E-state index in [1.165, 1.54) is 0 Å². The third-order valence-corrected chi connectivity index (χ3v) is 5.63. The van der Waals surface area contributed by atoms with E-state index in [1.54, 1.807) is 41.3 Å². The largest absolute Gasteiger partial charge is 0.484 e. The van der Waals surface area contributed by atoms with Crippen molar-refractivity contribution < 1.29 is 14.3 Å². The van der Waals surface area contributed by atoms with E-state index in [-0.39, 0.29) is 18.3 Å². The van der Waals surface area contributed by atoms with Gasteiger partial charge in [0.25, 0.3) is 5.91 Å². The monoisotopic (exact) mass is 438 g/mol. The Balaban J connectivity index is 1.29. The van der Waals surface area contributed by atoms with Crippen LogP contribution in [0.3, 0.4) is 0 Å². The Morgan fingerprint density at radius 3 is 2.09 bits per heavy atom. The molecule has 0 N–H and O–H groups in total. The Morgan fingerprint density at radius 1 is 0.788 bits per heavy atom. The molecule has 0 unspecified atom stereocenters. The first-order valence-electron chi connectivity index (χ1n) is 10.7. The molecule has 0 saturated heterocycles. The summed E-state index contributed by atoms with van der Waals surface area (Å²) in [6.45, 7) is 1.02. The maximum Gasteiger partial charge on any atom is 0.266 e. The van der Waals surface area contributed by atoms with Crippen molar-refractivity contribution in [3.05, 3.63) is 90.0 Å². The van der Waals surface area contributed by atoms with Gasteiger partial charge in [0.05, 0.1) is 11.0 Å². The Hall–Kier alpha value is -4.26. The average molecular weight is 438 g/mol. The molecule has 7 heteroatoms. The number of para-hydroxylation sites is 2. The number of carbonyl (C=O) groups is 2. The van der Waals surface area contributed by atoms with Gasteiger partial charge in [0.15, 0.2) is 24.0 Å². The van der Waals surface area contributed by atoms with Crippen molar-refractivity contribution in [2.24, 2.45) is 0 Å². The van der Waals surface area contributed by atoms with Gasteiger partial charge in [-0.25, -0.2) is 9.97 Å². The van der Waals surface area contributed by atoms with Crippen LogP contribution in [-0.4, -0.2) is 48.4 Å². The van der Waals surface area contributed by atoms with Crippen molar-refractivity contribution in [2.45, 2.75) is 0 Å². The Morgan fingerprint density at radius 2 is 1.39 bits per heavy atom. The van der Waals surface area contributed by atoms with Crippen LogP contribution in [0.2, 0.25) is 0 Å². The van der Waals surface area contributed by atoms with E-state index in [0.717, 1.165) is 11.0 Å². The second-order valence-electron chi connectivity index (χ2n) is 7.83. The predicted molar refractivity (Wildman–Crippen MR) is 127 cm³/mol. The van der Waals surface area contributed by atoms with Gasteiger partial charge in [-0.2, -0.15) is 0 Å². The quantitative estimate of drug-likeness (QED) is 0.442. The minimum Gasteiger partial charge on any atom is -0.484 e. The van der Waals surface area contributed by atoms with Crippen LogP contribution < -0.4 is 14.5 Å². The van der Waals surface area contributed by atoms with Gasteiger partial charge in [0, 0.05) is 31.3 Å². The van der Waals surface area contributed by atoms with Crippen LogP contribution in [0.25, 0.3) is 11.0 Å². The Labute approximate surface area is 191 Å². The fourth-order valence-electron chi connectivity index (χ4n) is 3.80. The lowest BCUT2D eigenvalue weighted by atomic mass is 10.0. The lowest BCUT2D eigenvalue weighted by molar-refractivity contribution is -0.120. The predicted octanol–water partition coefficient (Wildman–Crippen LogP) is 3.72. The number of ether oxygens (including phenoxy) is 1. The lowest BCUT2D eigenvalue weighted by Crippen LogP contribution is -2.45. The highest BCUT2D eigenvalue weighted by molar-refractivity contribution is 6.09. The average Bonchev–Trinajstić information content (AvgIpc) is 2.87. The number of nitrogens with zero attached hydrogens (tertiary/aromatic N) is 4. The van der Waals surface area contributed by atoms with Gasteiger partial charge in [0.2, 0.25) is 0 Å². The van der Waals surface area contributed by atoms with E-state index in [9.17, 15) is 9.59 Å². The van der Waals surface area contributed by atoms with Gasteiger partial charge in [-0.15, -0.1) is 0 Å². The van der Waals surface area contributed by atoms with E-state index in [0.29, 0.717) is 41.6 Å². The summed E-state index contributed by atoms with van der Waals surface area (Å²) in [6, 6.07) is 23.5. The normalized spacial score (nSPS) is 13.0. The van der Waals surface area contributed by atoms with Crippen LogP contribution in [0, 0.1) is 0 Å². The summed E-state index contributed by atoms with van der Waals surface area (Å²) in [4.78, 5) is 38.6. The number of rotatable bonds is 5. The van der Waals surface area contributed by atoms with E-state index in [1.807, 2.05) is 54.4 Å². The molecule has 2 heterocycles. The summed E-state index contributed by atoms with van der Waals surface area (Å²) in [7, 11) is 1.94. The number of hydrogen-bond acceptors (Lipinski definition) is 6. The summed E-state index contributed by atoms with van der Waals surface area (Å²) < 4.78 is 5.73. The molecule has 0 radical (unpaired) electrons. The maximum absolute atomic E-state index is 13.0. The number of aromatic nitrogens is 2. The second kappa shape index (κ2) is 8.70. The minimum atomic E-state index is -0.196. The number of amides is 1. The highest BCUT2D eigenvalue weighted by atomic mass is 16.5. The van der Waals surface area contributed by atoms with Crippen LogP contribution in [0.1, 0.15) is 15.9 Å². The van der Waals surface area contributed by atoms with Crippen molar-refractivity contribution >= 4 is 34.4 Å². The molecular weight excluding hydrogens is 416 g/mol. The molecule has 0 spiro atoms. The molecule has 7 nitrogen and oxygen atoms in total. The van der Waals surface area contributed by atoms with Gasteiger partial charge in [0.1, 0.15) is 5.75 Å². The fraction of sp³-hybridized carbons (Fsp3) is 0.154. The van der Waals surface area contributed by atoms with Crippen molar-refractivity contribution in [1.82, 2.24) is 9.97 Å². The summed E-state index contributed by atoms with van der Waals surface area (Å²) in [5.41, 5.74) is 2.72. The number of hydrogen-bond donors (Lipinski definition) is 0. The van der Waals surface area contributed by atoms with Crippen LogP contribution in [0.5, 0.6) is 5.75 Å². The van der Waals surface area contributed by atoms with Crippen molar-refractivity contribution in [3.8, 4) is 5.75 Å². The van der Waals surface area contributed by atoms with Gasteiger partial charge < -0.3 is 9.64 Å². The van der Waals surface area contributed by atoms with E-state index in [2.05, 4.69) is 0 Å². The Bertz CT molecular complexity index is 1320. The maximum atomic E-state index is 13.0. The zero-order chi connectivity index (χ0) is 22.8. The summed E-state index contributed by atoms with van der Waals surface area (Å²) in [6.07, 6.45) is 0. The van der Waals surface area contributed by atoms with Crippen LogP contribution in [0.15, 0.2) is 78.9 Å². The van der Waals surface area contributed by atoms with Gasteiger partial charge in [-0.05, 0) is 36.4 Å². The van der Waals surface area contributed by atoms with Crippen LogP contribution in [0.4, 0.5) is 11.6 Å². The van der Waals surface area contributed by atoms with Crippen molar-refractivity contribution in [3.63, 3.8) is 0 Å². The van der Waals surface area contributed by atoms with Crippen LogP contribution >= 0.6 is 0 Å². The smallest absolute Gasteiger partial charge is 0.266 e. The first kappa shape index (κ1) is 20.6. The first-order chi connectivity index (χ1) is 16.1. The standard InChI is InChI=1S/C26H22N4O3/c1-29-15-16-30(26-25(29)27-21-9-5-6-10-22(21)28-26)23(31)17-33-20-13-11-19(12-14-20)24(32)18-7-3-2-4-8-18/h2-14H,15-17H2,1H3. The van der Waals surface area contributed by atoms with Crippen LogP contribution in [-0.2, 0) is 4.79 Å². The molecular formula is C26H22N4O3. The third kappa shape index (κ3) is 4.13. The zero-order valence-corrected chi connectivity index (χ0v) is 18.1. The molecule has 0 fully saturated rings. The topological polar surface area (TPSA) is 75.6 Å². The molecule has 0 saturated carbocycles. The summed E-state index contributed by atoms with van der Waals surface area (Å²) in [5.74, 6) is 1.49. The SMILES string of the molecule is CN1CCN(C(=O)COc2ccc(C(=O)c3ccccc3)cc2)c2nc3ccccc3nc21. The molecule has 0 aliphatic carbocycles. The van der Waals surface area contributed by atoms with Gasteiger partial charge >= 0.3 is 0 Å². The molecule has 1 aromatic heterocycles. The van der Waals surface area contributed by atoms with Crippen molar-refractivity contribution in [2.75, 3.05) is 36.5 Å². The number of anilines is 2. The molecule has 0 bridgehead atoms. The van der Waals surface area contributed by atoms with E-state index < -0.39 is 0 Å².